The molecular weight excluding hydrogens is 444 g/mol. The lowest BCUT2D eigenvalue weighted by atomic mass is 10.1. The molecule has 0 unspecified atom stereocenters. The number of carbonyl (C=O) groups is 1. The molecule has 3 aromatic rings. The van der Waals surface area contributed by atoms with Crippen LogP contribution in [0.15, 0.2) is 53.6 Å². The lowest BCUT2D eigenvalue weighted by molar-refractivity contribution is 0.0950. The normalized spacial score (nSPS) is 10.9. The van der Waals surface area contributed by atoms with Gasteiger partial charge in [-0.3, -0.25) is 9.89 Å². The van der Waals surface area contributed by atoms with Crippen LogP contribution < -0.4 is 19.6 Å². The Kier molecular flexibility index (Phi) is 10.2. The molecule has 0 saturated carbocycles. The molecule has 0 aliphatic carbocycles. The first-order valence-corrected chi connectivity index (χ1v) is 12.0. The number of nitrogens with zero attached hydrogens (tertiary/aromatic N) is 2. The maximum atomic E-state index is 12.5. The second-order valence-corrected chi connectivity index (χ2v) is 8.09. The number of amides is 1. The van der Waals surface area contributed by atoms with Crippen molar-refractivity contribution in [2.24, 2.45) is 5.10 Å². The third-order valence-corrected chi connectivity index (χ3v) is 5.54. The molecule has 1 amide bonds. The average Bonchev–Trinajstić information content (AvgIpc) is 3.39. The molecule has 186 valence electrons. The summed E-state index contributed by atoms with van der Waals surface area (Å²) in [6.07, 6.45) is 8.91. The maximum absolute atomic E-state index is 12.5. The molecule has 0 aliphatic heterocycles. The number of benzene rings is 2. The Bertz CT molecular complexity index is 1090. The minimum Gasteiger partial charge on any atom is -0.494 e. The van der Waals surface area contributed by atoms with E-state index in [2.05, 4.69) is 27.6 Å². The summed E-state index contributed by atoms with van der Waals surface area (Å²) in [7, 11) is 3.11. The van der Waals surface area contributed by atoms with Crippen LogP contribution in [0.3, 0.4) is 0 Å². The molecule has 8 nitrogen and oxygen atoms in total. The highest BCUT2D eigenvalue weighted by molar-refractivity contribution is 5.94. The van der Waals surface area contributed by atoms with Crippen molar-refractivity contribution in [2.75, 3.05) is 20.8 Å². The van der Waals surface area contributed by atoms with Gasteiger partial charge in [0.05, 0.1) is 32.7 Å². The van der Waals surface area contributed by atoms with Gasteiger partial charge in [0.2, 0.25) is 0 Å². The minimum absolute atomic E-state index is 0.304. The van der Waals surface area contributed by atoms with Gasteiger partial charge in [-0.15, -0.1) is 0 Å². The van der Waals surface area contributed by atoms with Crippen LogP contribution in [-0.2, 0) is 0 Å². The van der Waals surface area contributed by atoms with E-state index >= 15 is 0 Å². The van der Waals surface area contributed by atoms with E-state index in [9.17, 15) is 4.79 Å². The van der Waals surface area contributed by atoms with E-state index in [0.717, 1.165) is 24.3 Å². The van der Waals surface area contributed by atoms with Crippen molar-refractivity contribution in [3.8, 4) is 28.5 Å². The third kappa shape index (κ3) is 7.60. The van der Waals surface area contributed by atoms with E-state index in [1.54, 1.807) is 26.4 Å². The molecule has 8 heteroatoms. The second-order valence-electron chi connectivity index (χ2n) is 8.09. The van der Waals surface area contributed by atoms with Crippen LogP contribution in [0.25, 0.3) is 11.3 Å². The van der Waals surface area contributed by atoms with Crippen LogP contribution in [0.1, 0.15) is 61.5 Å². The Morgan fingerprint density at radius 2 is 1.80 bits per heavy atom. The van der Waals surface area contributed by atoms with Gasteiger partial charge in [0, 0.05) is 11.1 Å². The van der Waals surface area contributed by atoms with Crippen LogP contribution in [0.2, 0.25) is 0 Å². The Morgan fingerprint density at radius 3 is 2.54 bits per heavy atom. The zero-order valence-corrected chi connectivity index (χ0v) is 20.7. The predicted molar refractivity (Wildman–Crippen MR) is 138 cm³/mol. The zero-order valence-electron chi connectivity index (χ0n) is 20.7. The number of aromatic amines is 1. The fraction of sp³-hybridized carbons (Fsp3) is 0.370. The minimum atomic E-state index is -0.402. The number of rotatable bonds is 14. The van der Waals surface area contributed by atoms with Crippen molar-refractivity contribution >= 4 is 12.1 Å². The van der Waals surface area contributed by atoms with Gasteiger partial charge in [-0.05, 0) is 48.9 Å². The summed E-state index contributed by atoms with van der Waals surface area (Å²) < 4.78 is 16.5. The molecule has 0 aliphatic rings. The second kappa shape index (κ2) is 13.8. The van der Waals surface area contributed by atoms with Gasteiger partial charge in [-0.1, -0.05) is 45.1 Å². The number of para-hydroxylation sites is 1. The van der Waals surface area contributed by atoms with Crippen LogP contribution in [0.5, 0.6) is 17.2 Å². The zero-order chi connectivity index (χ0) is 24.9. The number of ether oxygens (including phenoxy) is 3. The van der Waals surface area contributed by atoms with Crippen LogP contribution in [-0.4, -0.2) is 43.1 Å². The van der Waals surface area contributed by atoms with E-state index < -0.39 is 5.91 Å². The number of hydrazone groups is 1. The number of hydrogen-bond donors (Lipinski definition) is 2. The van der Waals surface area contributed by atoms with Crippen molar-refractivity contribution in [2.45, 2.75) is 45.4 Å². The molecule has 0 fully saturated rings. The lowest BCUT2D eigenvalue weighted by Gasteiger charge is -2.09. The highest BCUT2D eigenvalue weighted by atomic mass is 16.5. The summed E-state index contributed by atoms with van der Waals surface area (Å²) in [5.74, 6) is 1.55. The first-order valence-electron chi connectivity index (χ1n) is 12.0. The number of hydrogen-bond acceptors (Lipinski definition) is 6. The molecule has 0 bridgehead atoms. The van der Waals surface area contributed by atoms with Gasteiger partial charge in [0.25, 0.3) is 5.91 Å². The molecule has 0 spiro atoms. The first kappa shape index (κ1) is 25.8. The van der Waals surface area contributed by atoms with E-state index in [0.29, 0.717) is 28.5 Å². The van der Waals surface area contributed by atoms with E-state index in [-0.39, 0.29) is 0 Å². The van der Waals surface area contributed by atoms with Crippen molar-refractivity contribution in [3.63, 3.8) is 0 Å². The summed E-state index contributed by atoms with van der Waals surface area (Å²) in [4.78, 5) is 12.5. The van der Waals surface area contributed by atoms with E-state index in [1.807, 2.05) is 36.4 Å². The Balaban J connectivity index is 1.51. The van der Waals surface area contributed by atoms with Gasteiger partial charge < -0.3 is 14.2 Å². The van der Waals surface area contributed by atoms with Gasteiger partial charge in [0.15, 0.2) is 11.5 Å². The largest absolute Gasteiger partial charge is 0.494 e. The van der Waals surface area contributed by atoms with Crippen LogP contribution >= 0.6 is 0 Å². The number of carbonyl (C=O) groups excluding carboxylic acids is 1. The van der Waals surface area contributed by atoms with Gasteiger partial charge in [-0.2, -0.15) is 10.2 Å². The molecule has 2 N–H and O–H groups in total. The van der Waals surface area contributed by atoms with Crippen molar-refractivity contribution < 1.29 is 19.0 Å². The van der Waals surface area contributed by atoms with Crippen LogP contribution in [0, 0.1) is 0 Å². The molecule has 2 aromatic carbocycles. The first-order chi connectivity index (χ1) is 17.2. The Labute approximate surface area is 206 Å². The van der Waals surface area contributed by atoms with Crippen molar-refractivity contribution in [1.29, 1.82) is 0 Å². The molecular formula is C27H34N4O4. The summed E-state index contributed by atoms with van der Waals surface area (Å²) >= 11 is 0. The quantitative estimate of drug-likeness (QED) is 0.179. The Hall–Kier alpha value is -3.81. The summed E-state index contributed by atoms with van der Waals surface area (Å²) in [5.41, 5.74) is 5.03. The number of H-pyrrole nitrogens is 1. The fourth-order valence-electron chi connectivity index (χ4n) is 3.61. The average molecular weight is 479 g/mol. The van der Waals surface area contributed by atoms with Crippen molar-refractivity contribution in [3.05, 3.63) is 59.8 Å². The Morgan fingerprint density at radius 1 is 1.03 bits per heavy atom. The molecule has 35 heavy (non-hydrogen) atoms. The van der Waals surface area contributed by atoms with E-state index in [1.165, 1.54) is 38.3 Å². The number of nitrogens with one attached hydrogen (secondary N) is 2. The number of unbranched alkanes of at least 4 members (excludes halogenated alkanes) is 5. The van der Waals surface area contributed by atoms with E-state index in [4.69, 9.17) is 14.2 Å². The predicted octanol–water partition coefficient (Wildman–Crippen LogP) is 5.60. The number of aromatic nitrogens is 2. The molecule has 3 rings (SSSR count). The standard InChI is InChI=1S/C27H34N4O4/c1-4-5-6-7-8-9-17-35-22-15-13-20(14-16-22)23-18-24(30-29-23)27(32)31-28-19-21-11-10-12-25(33-2)26(21)34-3/h10-16,18-19H,4-9,17H2,1-3H3,(H,29,30)(H,31,32)/b28-19-. The number of methoxy groups -OCH3 is 2. The summed E-state index contributed by atoms with van der Waals surface area (Å²) in [6.45, 7) is 2.95. The fourth-order valence-corrected chi connectivity index (χ4v) is 3.61. The SMILES string of the molecule is CCCCCCCCOc1ccc(-c2cc(C(=O)N/N=C\c3cccc(OC)c3OC)[nH]n2)cc1. The smallest absolute Gasteiger partial charge is 0.289 e. The maximum Gasteiger partial charge on any atom is 0.289 e. The molecule has 0 saturated heterocycles. The molecule has 0 radical (unpaired) electrons. The highest BCUT2D eigenvalue weighted by Gasteiger charge is 2.11. The van der Waals surface area contributed by atoms with Gasteiger partial charge in [0.1, 0.15) is 11.4 Å². The monoisotopic (exact) mass is 478 g/mol. The molecule has 1 aromatic heterocycles. The third-order valence-electron chi connectivity index (χ3n) is 5.54. The van der Waals surface area contributed by atoms with Gasteiger partial charge >= 0.3 is 0 Å². The van der Waals surface area contributed by atoms with Crippen LogP contribution in [0.4, 0.5) is 0 Å². The summed E-state index contributed by atoms with van der Waals surface area (Å²) in [6, 6.07) is 14.8. The topological polar surface area (TPSA) is 97.8 Å². The lowest BCUT2D eigenvalue weighted by Crippen LogP contribution is -2.18. The van der Waals surface area contributed by atoms with Gasteiger partial charge in [-0.25, -0.2) is 5.43 Å². The molecule has 0 atom stereocenters. The van der Waals surface area contributed by atoms with Crippen molar-refractivity contribution in [1.82, 2.24) is 15.6 Å². The summed E-state index contributed by atoms with van der Waals surface area (Å²) in [5, 5.41) is 11.0. The highest BCUT2D eigenvalue weighted by Crippen LogP contribution is 2.29. The molecule has 1 heterocycles.